The predicted octanol–water partition coefficient (Wildman–Crippen LogP) is 3.57. The summed E-state index contributed by atoms with van der Waals surface area (Å²) in [5, 5.41) is 10.5. The average molecular weight is 295 g/mol. The number of benzene rings is 2. The number of aromatic hydroxyl groups is 1. The number of fused-ring (bicyclic) bond motifs is 1. The number of aromatic nitrogens is 1. The first-order chi connectivity index (χ1) is 10.7. The maximum absolute atomic E-state index is 12.0. The summed E-state index contributed by atoms with van der Waals surface area (Å²) in [6.45, 7) is 2.73. The molecule has 0 atom stereocenters. The van der Waals surface area contributed by atoms with Crippen molar-refractivity contribution in [1.82, 2.24) is 4.57 Å². The van der Waals surface area contributed by atoms with E-state index in [1.807, 2.05) is 41.1 Å². The topological polar surface area (TPSA) is 51.5 Å². The molecule has 2 aromatic carbocycles. The lowest BCUT2D eigenvalue weighted by Crippen LogP contribution is -2.10. The number of rotatable bonds is 4. The molecule has 0 saturated heterocycles. The average Bonchev–Trinajstić information content (AvgIpc) is 2.90. The predicted molar refractivity (Wildman–Crippen MR) is 85.1 cm³/mol. The number of hydrogen-bond donors (Lipinski definition) is 1. The number of nitrogens with zero attached hydrogens (tertiary/aromatic N) is 1. The van der Waals surface area contributed by atoms with E-state index in [0.717, 1.165) is 16.5 Å². The van der Waals surface area contributed by atoms with Crippen molar-refractivity contribution in [2.75, 3.05) is 6.61 Å². The van der Waals surface area contributed by atoms with Crippen LogP contribution >= 0.6 is 0 Å². The van der Waals surface area contributed by atoms with Crippen molar-refractivity contribution < 1.29 is 14.6 Å². The van der Waals surface area contributed by atoms with Crippen LogP contribution in [-0.4, -0.2) is 22.2 Å². The van der Waals surface area contributed by atoms with Crippen LogP contribution in [0.2, 0.25) is 0 Å². The molecule has 0 spiro atoms. The van der Waals surface area contributed by atoms with Crippen LogP contribution in [0.4, 0.5) is 0 Å². The highest BCUT2D eigenvalue weighted by Crippen LogP contribution is 2.22. The van der Waals surface area contributed by atoms with Gasteiger partial charge < -0.3 is 14.4 Å². The normalized spacial score (nSPS) is 10.8. The largest absolute Gasteiger partial charge is 0.508 e. The number of esters is 1. The summed E-state index contributed by atoms with van der Waals surface area (Å²) < 4.78 is 7.16. The smallest absolute Gasteiger partial charge is 0.338 e. The van der Waals surface area contributed by atoms with Gasteiger partial charge in [0.25, 0.3) is 0 Å². The lowest BCUT2D eigenvalue weighted by Gasteiger charge is -2.10. The third-order valence-corrected chi connectivity index (χ3v) is 3.61. The molecule has 0 saturated carbocycles. The molecule has 112 valence electrons. The zero-order chi connectivity index (χ0) is 15.5. The van der Waals surface area contributed by atoms with E-state index in [4.69, 9.17) is 4.74 Å². The Balaban J connectivity index is 1.97. The lowest BCUT2D eigenvalue weighted by atomic mass is 10.1. The van der Waals surface area contributed by atoms with Gasteiger partial charge in [-0.3, -0.25) is 0 Å². The van der Waals surface area contributed by atoms with Crippen LogP contribution in [0.1, 0.15) is 22.8 Å². The molecule has 0 aliphatic heterocycles. The third-order valence-electron chi connectivity index (χ3n) is 3.61. The summed E-state index contributed by atoms with van der Waals surface area (Å²) >= 11 is 0. The van der Waals surface area contributed by atoms with E-state index in [0.29, 0.717) is 18.7 Å². The summed E-state index contributed by atoms with van der Waals surface area (Å²) in [6, 6.07) is 14.7. The van der Waals surface area contributed by atoms with Crippen molar-refractivity contribution in [3.63, 3.8) is 0 Å². The molecule has 1 heterocycles. The van der Waals surface area contributed by atoms with Crippen LogP contribution in [0.25, 0.3) is 10.9 Å². The van der Waals surface area contributed by atoms with Crippen LogP contribution in [0.15, 0.2) is 54.7 Å². The van der Waals surface area contributed by atoms with E-state index >= 15 is 0 Å². The molecule has 0 aliphatic rings. The first-order valence-electron chi connectivity index (χ1n) is 7.22. The minimum absolute atomic E-state index is 0.247. The number of phenols is 1. The molecular formula is C18H17NO3. The number of hydrogen-bond acceptors (Lipinski definition) is 3. The molecule has 0 bridgehead atoms. The summed E-state index contributed by atoms with van der Waals surface area (Å²) in [6.07, 6.45) is 1.95. The quantitative estimate of drug-likeness (QED) is 0.749. The lowest BCUT2D eigenvalue weighted by molar-refractivity contribution is 0.0525. The zero-order valence-electron chi connectivity index (χ0n) is 12.3. The van der Waals surface area contributed by atoms with Gasteiger partial charge in [-0.15, -0.1) is 0 Å². The number of carbonyl (C=O) groups is 1. The first-order valence-corrected chi connectivity index (χ1v) is 7.22. The van der Waals surface area contributed by atoms with Crippen molar-refractivity contribution in [3.8, 4) is 5.75 Å². The SMILES string of the molecule is CCOC(=O)c1ccccc1Cn1ccc2cc(O)ccc21. The van der Waals surface area contributed by atoms with Crippen LogP contribution in [-0.2, 0) is 11.3 Å². The molecule has 0 radical (unpaired) electrons. The molecule has 0 amide bonds. The second-order valence-electron chi connectivity index (χ2n) is 5.06. The summed E-state index contributed by atoms with van der Waals surface area (Å²) in [5.74, 6) is -0.0515. The molecule has 0 aliphatic carbocycles. The molecule has 3 rings (SSSR count). The highest BCUT2D eigenvalue weighted by Gasteiger charge is 2.12. The van der Waals surface area contributed by atoms with Gasteiger partial charge in [0.05, 0.1) is 12.2 Å². The maximum Gasteiger partial charge on any atom is 0.338 e. The fourth-order valence-electron chi connectivity index (χ4n) is 2.58. The highest BCUT2D eigenvalue weighted by molar-refractivity contribution is 5.91. The van der Waals surface area contributed by atoms with Crippen LogP contribution in [0, 0.1) is 0 Å². The minimum atomic E-state index is -0.299. The fraction of sp³-hybridized carbons (Fsp3) is 0.167. The van der Waals surface area contributed by atoms with Gasteiger partial charge in [0.15, 0.2) is 0 Å². The molecule has 4 heteroatoms. The van der Waals surface area contributed by atoms with Crippen LogP contribution in [0.3, 0.4) is 0 Å². The Bertz CT molecular complexity index is 820. The van der Waals surface area contributed by atoms with E-state index < -0.39 is 0 Å². The van der Waals surface area contributed by atoms with Crippen molar-refractivity contribution in [3.05, 3.63) is 65.9 Å². The van der Waals surface area contributed by atoms with Crippen molar-refractivity contribution >= 4 is 16.9 Å². The third kappa shape index (κ3) is 2.68. The van der Waals surface area contributed by atoms with Gasteiger partial charge >= 0.3 is 5.97 Å². The monoisotopic (exact) mass is 295 g/mol. The first kappa shape index (κ1) is 14.2. The maximum atomic E-state index is 12.0. The molecule has 1 aromatic heterocycles. The summed E-state index contributed by atoms with van der Waals surface area (Å²) in [4.78, 5) is 12.0. The van der Waals surface area contributed by atoms with E-state index in [-0.39, 0.29) is 11.7 Å². The standard InChI is InChI=1S/C18H17NO3/c1-2-22-18(21)16-6-4-3-5-14(16)12-19-10-9-13-11-15(20)7-8-17(13)19/h3-11,20H,2,12H2,1H3. The summed E-state index contributed by atoms with van der Waals surface area (Å²) in [7, 11) is 0. The van der Waals surface area contributed by atoms with Crippen LogP contribution < -0.4 is 0 Å². The van der Waals surface area contributed by atoms with E-state index in [2.05, 4.69) is 0 Å². The Morgan fingerprint density at radius 1 is 1.18 bits per heavy atom. The van der Waals surface area contributed by atoms with Gasteiger partial charge in [0, 0.05) is 23.6 Å². The van der Waals surface area contributed by atoms with Gasteiger partial charge in [-0.1, -0.05) is 18.2 Å². The van der Waals surface area contributed by atoms with E-state index in [1.165, 1.54) is 0 Å². The van der Waals surface area contributed by atoms with Gasteiger partial charge in [0.1, 0.15) is 5.75 Å². The van der Waals surface area contributed by atoms with Crippen molar-refractivity contribution in [2.24, 2.45) is 0 Å². The highest BCUT2D eigenvalue weighted by atomic mass is 16.5. The molecule has 22 heavy (non-hydrogen) atoms. The Morgan fingerprint density at radius 3 is 2.82 bits per heavy atom. The number of phenolic OH excluding ortho intramolecular Hbond substituents is 1. The number of ether oxygens (including phenoxy) is 1. The molecule has 0 unspecified atom stereocenters. The molecule has 1 N–H and O–H groups in total. The van der Waals surface area contributed by atoms with Gasteiger partial charge in [-0.05, 0) is 42.8 Å². The van der Waals surface area contributed by atoms with E-state index in [9.17, 15) is 9.90 Å². The van der Waals surface area contributed by atoms with Crippen molar-refractivity contribution in [2.45, 2.75) is 13.5 Å². The second-order valence-corrected chi connectivity index (χ2v) is 5.06. The fourth-order valence-corrected chi connectivity index (χ4v) is 2.58. The minimum Gasteiger partial charge on any atom is -0.508 e. The second kappa shape index (κ2) is 5.93. The zero-order valence-corrected chi connectivity index (χ0v) is 12.3. The summed E-state index contributed by atoms with van der Waals surface area (Å²) in [5.41, 5.74) is 2.51. The van der Waals surface area contributed by atoms with E-state index in [1.54, 1.807) is 25.1 Å². The van der Waals surface area contributed by atoms with Gasteiger partial charge in [0.2, 0.25) is 0 Å². The Labute approximate surface area is 128 Å². The molecular weight excluding hydrogens is 278 g/mol. The van der Waals surface area contributed by atoms with Gasteiger partial charge in [-0.25, -0.2) is 4.79 Å². The van der Waals surface area contributed by atoms with Crippen molar-refractivity contribution in [1.29, 1.82) is 0 Å². The van der Waals surface area contributed by atoms with Gasteiger partial charge in [-0.2, -0.15) is 0 Å². The Morgan fingerprint density at radius 2 is 2.00 bits per heavy atom. The number of carbonyl (C=O) groups excluding carboxylic acids is 1. The molecule has 0 fully saturated rings. The van der Waals surface area contributed by atoms with Crippen LogP contribution in [0.5, 0.6) is 5.75 Å². The Hall–Kier alpha value is -2.75. The molecule has 4 nitrogen and oxygen atoms in total. The Kier molecular flexibility index (Phi) is 3.83. The molecule has 3 aromatic rings.